The Labute approximate surface area is 172 Å². The highest BCUT2D eigenvalue weighted by Gasteiger charge is 2.42. The summed E-state index contributed by atoms with van der Waals surface area (Å²) in [4.78, 5) is 0. The maximum Gasteiger partial charge on any atom is 0.299 e. The Balaban J connectivity index is 1.21. The minimum atomic E-state index is 0.508. The first-order chi connectivity index (χ1) is 13.9. The van der Waals surface area contributed by atoms with Crippen LogP contribution in [-0.2, 0) is 22.5 Å². The van der Waals surface area contributed by atoms with Crippen LogP contribution in [0.3, 0.4) is 0 Å². The molecule has 0 atom stereocenters. The molecule has 4 heteroatoms. The minimum Gasteiger partial charge on any atom is -0.431 e. The maximum absolute atomic E-state index is 6.59. The molecule has 4 aliphatic heterocycles. The molecule has 28 heavy (non-hydrogen) atoms. The third-order valence-corrected chi connectivity index (χ3v) is 8.44. The molecule has 0 aliphatic carbocycles. The van der Waals surface area contributed by atoms with Crippen molar-refractivity contribution in [3.05, 3.63) is 35.4 Å². The third kappa shape index (κ3) is 4.10. The van der Waals surface area contributed by atoms with E-state index in [1.54, 1.807) is 0 Å². The first-order valence-electron chi connectivity index (χ1n) is 12.2. The van der Waals surface area contributed by atoms with Gasteiger partial charge in [0.2, 0.25) is 0 Å². The standard InChI is InChI=1S/C24H36B2O2/c1-2-8-20(18-28-26-23-13-5-14-24(26)16-6-15-23)19(7-1)17-27-25-21-9-3-10-22(25)12-4-11-21/h1-2,7-8,21-24H,3-6,9-18H2. The molecule has 0 N–H and O–H groups in total. The van der Waals surface area contributed by atoms with Crippen molar-refractivity contribution < 1.29 is 9.31 Å². The quantitative estimate of drug-likeness (QED) is 0.501. The van der Waals surface area contributed by atoms with E-state index in [4.69, 9.17) is 9.31 Å². The monoisotopic (exact) mass is 378 g/mol. The molecule has 4 aliphatic rings. The molecule has 1 aromatic carbocycles. The fourth-order valence-corrected chi connectivity index (χ4v) is 6.99. The summed E-state index contributed by atoms with van der Waals surface area (Å²) < 4.78 is 13.2. The van der Waals surface area contributed by atoms with E-state index in [-0.39, 0.29) is 0 Å². The predicted molar refractivity (Wildman–Crippen MR) is 118 cm³/mol. The zero-order valence-corrected chi connectivity index (χ0v) is 17.5. The Hall–Kier alpha value is -0.730. The molecule has 0 amide bonds. The van der Waals surface area contributed by atoms with Gasteiger partial charge in [-0.3, -0.25) is 0 Å². The number of hydrogen-bond donors (Lipinski definition) is 0. The van der Waals surface area contributed by atoms with Gasteiger partial charge in [-0.2, -0.15) is 0 Å². The topological polar surface area (TPSA) is 18.5 Å². The van der Waals surface area contributed by atoms with Crippen molar-refractivity contribution in [2.45, 2.75) is 114 Å². The van der Waals surface area contributed by atoms with E-state index in [9.17, 15) is 0 Å². The molecule has 0 radical (unpaired) electrons. The van der Waals surface area contributed by atoms with E-state index in [0.717, 1.165) is 36.5 Å². The Kier molecular flexibility index (Phi) is 6.16. The molecule has 150 valence electrons. The lowest BCUT2D eigenvalue weighted by Gasteiger charge is -2.40. The molecule has 4 saturated heterocycles. The highest BCUT2D eigenvalue weighted by atomic mass is 16.4. The minimum absolute atomic E-state index is 0.508. The van der Waals surface area contributed by atoms with Crippen LogP contribution in [0.2, 0.25) is 23.3 Å². The van der Waals surface area contributed by atoms with E-state index >= 15 is 0 Å². The van der Waals surface area contributed by atoms with Gasteiger partial charge in [0.25, 0.3) is 13.8 Å². The lowest BCUT2D eigenvalue weighted by atomic mass is 9.38. The Morgan fingerprint density at radius 1 is 0.571 bits per heavy atom. The summed E-state index contributed by atoms with van der Waals surface area (Å²) in [6.45, 7) is 2.56. The molecule has 0 aromatic heterocycles. The molecule has 4 heterocycles. The second kappa shape index (κ2) is 8.96. The molecule has 1 aromatic rings. The molecule has 0 spiro atoms. The van der Waals surface area contributed by atoms with Gasteiger partial charge >= 0.3 is 0 Å². The van der Waals surface area contributed by atoms with Crippen LogP contribution in [0, 0.1) is 0 Å². The van der Waals surface area contributed by atoms with Crippen molar-refractivity contribution in [3.63, 3.8) is 0 Å². The summed E-state index contributed by atoms with van der Waals surface area (Å²) in [6.07, 6.45) is 16.8. The van der Waals surface area contributed by atoms with Gasteiger partial charge in [-0.1, -0.05) is 101 Å². The van der Waals surface area contributed by atoms with Crippen molar-refractivity contribution in [3.8, 4) is 0 Å². The summed E-state index contributed by atoms with van der Waals surface area (Å²) in [5.74, 6) is 3.27. The summed E-state index contributed by atoms with van der Waals surface area (Å²) in [7, 11) is 0. The second-order valence-corrected chi connectivity index (χ2v) is 10.1. The summed E-state index contributed by atoms with van der Waals surface area (Å²) in [5.41, 5.74) is 2.71. The average Bonchev–Trinajstić information content (AvgIpc) is 2.70. The van der Waals surface area contributed by atoms with E-state index in [2.05, 4.69) is 24.3 Å². The normalized spacial score (nSPS) is 32.4. The van der Waals surface area contributed by atoms with Gasteiger partial charge in [-0.05, 0) is 34.4 Å². The van der Waals surface area contributed by atoms with Crippen molar-refractivity contribution >= 4 is 13.8 Å². The first kappa shape index (κ1) is 19.2. The largest absolute Gasteiger partial charge is 0.431 e. The Morgan fingerprint density at radius 3 is 1.21 bits per heavy atom. The Morgan fingerprint density at radius 2 is 0.893 bits per heavy atom. The smallest absolute Gasteiger partial charge is 0.299 e. The highest BCUT2D eigenvalue weighted by molar-refractivity contribution is 6.56. The van der Waals surface area contributed by atoms with Gasteiger partial charge in [0.05, 0.1) is 13.2 Å². The molecule has 0 saturated carbocycles. The van der Waals surface area contributed by atoms with Gasteiger partial charge in [-0.15, -0.1) is 0 Å². The van der Waals surface area contributed by atoms with E-state index in [0.29, 0.717) is 13.8 Å². The van der Waals surface area contributed by atoms with Gasteiger partial charge < -0.3 is 9.31 Å². The molecular formula is C24H36B2O2. The molecule has 0 unspecified atom stereocenters. The molecule has 5 rings (SSSR count). The van der Waals surface area contributed by atoms with Crippen molar-refractivity contribution in [1.29, 1.82) is 0 Å². The lowest BCUT2D eigenvalue weighted by Crippen LogP contribution is -2.37. The fourth-order valence-electron chi connectivity index (χ4n) is 6.99. The maximum atomic E-state index is 6.59. The van der Waals surface area contributed by atoms with Gasteiger partial charge in [0.15, 0.2) is 0 Å². The van der Waals surface area contributed by atoms with Crippen LogP contribution in [-0.4, -0.2) is 13.8 Å². The van der Waals surface area contributed by atoms with Gasteiger partial charge in [0.1, 0.15) is 0 Å². The van der Waals surface area contributed by atoms with Crippen LogP contribution >= 0.6 is 0 Å². The number of hydrogen-bond acceptors (Lipinski definition) is 2. The van der Waals surface area contributed by atoms with Crippen LogP contribution in [0.1, 0.15) is 88.2 Å². The van der Waals surface area contributed by atoms with Gasteiger partial charge in [0, 0.05) is 0 Å². The van der Waals surface area contributed by atoms with Crippen LogP contribution in [0.4, 0.5) is 0 Å². The SMILES string of the molecule is c1ccc(COB2C3CCCC2CCC3)c(COB2C3CCCC2CCC3)c1. The predicted octanol–water partition coefficient (Wildman–Crippen LogP) is 6.92. The second-order valence-electron chi connectivity index (χ2n) is 10.1. The number of benzene rings is 1. The molecule has 4 fully saturated rings. The Bertz CT molecular complexity index is 552. The van der Waals surface area contributed by atoms with Gasteiger partial charge in [-0.25, -0.2) is 0 Å². The average molecular weight is 378 g/mol. The molecular weight excluding hydrogens is 342 g/mol. The van der Waals surface area contributed by atoms with Crippen LogP contribution in [0.25, 0.3) is 0 Å². The number of fused-ring (bicyclic) bond motifs is 4. The summed E-state index contributed by atoms with van der Waals surface area (Å²) in [5, 5.41) is 0. The zero-order valence-electron chi connectivity index (χ0n) is 17.5. The molecule has 2 nitrogen and oxygen atoms in total. The van der Waals surface area contributed by atoms with E-state index in [1.807, 2.05) is 0 Å². The van der Waals surface area contributed by atoms with Crippen molar-refractivity contribution in [2.75, 3.05) is 0 Å². The molecule has 4 bridgehead atoms. The first-order valence-corrected chi connectivity index (χ1v) is 12.2. The van der Waals surface area contributed by atoms with Crippen LogP contribution in [0.5, 0.6) is 0 Å². The van der Waals surface area contributed by atoms with Crippen LogP contribution in [0.15, 0.2) is 24.3 Å². The van der Waals surface area contributed by atoms with Crippen molar-refractivity contribution in [2.24, 2.45) is 0 Å². The van der Waals surface area contributed by atoms with Crippen LogP contribution < -0.4 is 0 Å². The highest BCUT2D eigenvalue weighted by Crippen LogP contribution is 2.48. The number of rotatable bonds is 6. The summed E-state index contributed by atoms with van der Waals surface area (Å²) in [6, 6.07) is 8.86. The fraction of sp³-hybridized carbons (Fsp3) is 0.750. The lowest BCUT2D eigenvalue weighted by molar-refractivity contribution is 0.243. The summed E-state index contributed by atoms with van der Waals surface area (Å²) >= 11 is 0. The van der Waals surface area contributed by atoms with Crippen molar-refractivity contribution in [1.82, 2.24) is 0 Å². The third-order valence-electron chi connectivity index (χ3n) is 8.44. The van der Waals surface area contributed by atoms with E-state index < -0.39 is 0 Å². The zero-order chi connectivity index (χ0) is 18.8. The van der Waals surface area contributed by atoms with E-state index in [1.165, 1.54) is 88.2 Å².